The van der Waals surface area contributed by atoms with Gasteiger partial charge in [-0.25, -0.2) is 8.42 Å². The Hall–Kier alpha value is -1.32. The molecule has 0 fully saturated rings. The molecule has 22 heavy (non-hydrogen) atoms. The highest BCUT2D eigenvalue weighted by atomic mass is 35.5. The van der Waals surface area contributed by atoms with E-state index in [1.54, 1.807) is 4.72 Å². The van der Waals surface area contributed by atoms with Gasteiger partial charge < -0.3 is 5.11 Å². The van der Waals surface area contributed by atoms with Crippen LogP contribution in [0.4, 0.5) is 13.2 Å². The van der Waals surface area contributed by atoms with Gasteiger partial charge in [0.05, 0.1) is 10.6 Å². The first-order valence-electron chi connectivity index (χ1n) is 5.98. The number of alkyl halides is 3. The normalized spacial score (nSPS) is 14.1. The molecular formula is C12H13ClF3NO4S. The van der Waals surface area contributed by atoms with Crippen LogP contribution in [0.2, 0.25) is 5.02 Å². The third-order valence-electron chi connectivity index (χ3n) is 2.76. The number of hydrogen-bond acceptors (Lipinski definition) is 3. The smallest absolute Gasteiger partial charge is 0.417 e. The summed E-state index contributed by atoms with van der Waals surface area (Å²) < 4.78 is 65.0. The van der Waals surface area contributed by atoms with Crippen LogP contribution in [-0.2, 0) is 21.0 Å². The van der Waals surface area contributed by atoms with Crippen molar-refractivity contribution in [3.05, 3.63) is 28.8 Å². The molecule has 1 rings (SSSR count). The molecule has 1 aromatic rings. The lowest BCUT2D eigenvalue weighted by Gasteiger charge is -2.20. The van der Waals surface area contributed by atoms with Gasteiger partial charge in [0.15, 0.2) is 0 Å². The summed E-state index contributed by atoms with van der Waals surface area (Å²) in [6.07, 6.45) is -4.95. The molecule has 0 aliphatic rings. The summed E-state index contributed by atoms with van der Waals surface area (Å²) in [7, 11) is -4.78. The van der Waals surface area contributed by atoms with Gasteiger partial charge in [0.1, 0.15) is 10.9 Å². The van der Waals surface area contributed by atoms with Crippen LogP contribution < -0.4 is 4.72 Å². The maximum Gasteiger partial charge on any atom is 0.417 e. The van der Waals surface area contributed by atoms with E-state index in [1.165, 1.54) is 13.8 Å². The van der Waals surface area contributed by atoms with E-state index in [-0.39, 0.29) is 0 Å². The summed E-state index contributed by atoms with van der Waals surface area (Å²) in [5.74, 6) is -2.18. The number of rotatable bonds is 5. The van der Waals surface area contributed by atoms with Crippen LogP contribution in [0.15, 0.2) is 23.1 Å². The number of carboxylic acids is 1. The minimum Gasteiger partial charge on any atom is -0.480 e. The highest BCUT2D eigenvalue weighted by Crippen LogP contribution is 2.37. The third-order valence-corrected chi connectivity index (χ3v) is 4.72. The number of aliphatic carboxylic acids is 1. The molecule has 0 saturated carbocycles. The molecule has 0 heterocycles. The molecule has 0 amide bonds. The van der Waals surface area contributed by atoms with Crippen molar-refractivity contribution in [1.82, 2.24) is 4.72 Å². The van der Waals surface area contributed by atoms with E-state index in [9.17, 15) is 26.4 Å². The quantitative estimate of drug-likeness (QED) is 0.846. The Morgan fingerprint density at radius 1 is 1.32 bits per heavy atom. The molecule has 0 aliphatic carbocycles. The maximum absolute atomic E-state index is 12.9. The highest BCUT2D eigenvalue weighted by molar-refractivity contribution is 7.89. The second-order valence-electron chi connectivity index (χ2n) is 4.80. The number of carboxylic acid groups (broad SMARTS) is 1. The van der Waals surface area contributed by atoms with Gasteiger partial charge in [0.25, 0.3) is 0 Å². The van der Waals surface area contributed by atoms with Crippen molar-refractivity contribution in [1.29, 1.82) is 0 Å². The first-order chi connectivity index (χ1) is 9.88. The Labute approximate surface area is 130 Å². The zero-order valence-electron chi connectivity index (χ0n) is 11.5. The summed E-state index contributed by atoms with van der Waals surface area (Å²) in [6, 6.07) is 0.922. The van der Waals surface area contributed by atoms with Crippen LogP contribution >= 0.6 is 11.6 Å². The lowest BCUT2D eigenvalue weighted by Crippen LogP contribution is -2.44. The molecule has 2 N–H and O–H groups in total. The Kier molecular flexibility index (Phi) is 5.47. The summed E-state index contributed by atoms with van der Waals surface area (Å²) in [4.78, 5) is 9.85. The van der Waals surface area contributed by atoms with Crippen molar-refractivity contribution in [2.45, 2.75) is 31.0 Å². The lowest BCUT2D eigenvalue weighted by atomic mass is 10.1. The maximum atomic E-state index is 12.9. The SMILES string of the molecule is CC(C)[C@H](NS(=O)(=O)c1c(Cl)cccc1C(F)(F)F)C(=O)O. The molecule has 124 valence electrons. The fraction of sp³-hybridized carbons (Fsp3) is 0.417. The molecule has 0 unspecified atom stereocenters. The molecule has 10 heteroatoms. The molecule has 0 saturated heterocycles. The van der Waals surface area contributed by atoms with Crippen LogP contribution in [0, 0.1) is 5.92 Å². The zero-order valence-corrected chi connectivity index (χ0v) is 13.1. The molecule has 0 aromatic heterocycles. The number of carbonyl (C=O) groups is 1. The summed E-state index contributed by atoms with van der Waals surface area (Å²) >= 11 is 5.60. The van der Waals surface area contributed by atoms with Crippen LogP contribution in [0.3, 0.4) is 0 Å². The van der Waals surface area contributed by atoms with E-state index in [0.717, 1.165) is 12.1 Å². The fourth-order valence-corrected chi connectivity index (χ4v) is 3.81. The van der Waals surface area contributed by atoms with Crippen molar-refractivity contribution in [2.24, 2.45) is 5.92 Å². The van der Waals surface area contributed by atoms with Crippen LogP contribution in [-0.4, -0.2) is 25.5 Å². The predicted octanol–water partition coefficient (Wildman–Crippen LogP) is 2.75. The molecule has 0 spiro atoms. The van der Waals surface area contributed by atoms with Gasteiger partial charge in [0, 0.05) is 0 Å². The van der Waals surface area contributed by atoms with E-state index < -0.39 is 49.6 Å². The summed E-state index contributed by atoms with van der Waals surface area (Å²) in [5.41, 5.74) is -1.46. The van der Waals surface area contributed by atoms with Gasteiger partial charge in [0.2, 0.25) is 10.0 Å². The molecule has 1 aromatic carbocycles. The lowest BCUT2D eigenvalue weighted by molar-refractivity contribution is -0.140. The van der Waals surface area contributed by atoms with Gasteiger partial charge in [-0.1, -0.05) is 31.5 Å². The second kappa shape index (κ2) is 6.43. The number of sulfonamides is 1. The zero-order chi connectivity index (χ0) is 17.3. The minimum atomic E-state index is -4.95. The molecular weight excluding hydrogens is 347 g/mol. The first-order valence-corrected chi connectivity index (χ1v) is 7.85. The topological polar surface area (TPSA) is 83.5 Å². The van der Waals surface area contributed by atoms with Crippen LogP contribution in [0.25, 0.3) is 0 Å². The molecule has 0 aliphatic heterocycles. The minimum absolute atomic E-state index is 0.561. The van der Waals surface area contributed by atoms with Gasteiger partial charge in [-0.05, 0) is 18.1 Å². The van der Waals surface area contributed by atoms with Gasteiger partial charge in [-0.3, -0.25) is 4.79 Å². The summed E-state index contributed by atoms with van der Waals surface area (Å²) in [6.45, 7) is 2.83. The van der Waals surface area contributed by atoms with Crippen molar-refractivity contribution in [3.63, 3.8) is 0 Å². The van der Waals surface area contributed by atoms with Crippen molar-refractivity contribution < 1.29 is 31.5 Å². The average molecular weight is 360 g/mol. The third kappa shape index (κ3) is 4.11. The molecule has 0 radical (unpaired) electrons. The largest absolute Gasteiger partial charge is 0.480 e. The monoisotopic (exact) mass is 359 g/mol. The molecule has 5 nitrogen and oxygen atoms in total. The standard InChI is InChI=1S/C12H13ClF3NO4S/c1-6(2)9(11(18)19)17-22(20,21)10-7(12(14,15)16)4-3-5-8(10)13/h3-6,9,17H,1-2H3,(H,18,19)/t9-/m0/s1. The molecule has 1 atom stereocenters. The first kappa shape index (κ1) is 18.7. The van der Waals surface area contributed by atoms with Crippen molar-refractivity contribution >= 4 is 27.6 Å². The second-order valence-corrected chi connectivity index (χ2v) is 6.85. The number of benzene rings is 1. The highest BCUT2D eigenvalue weighted by Gasteiger charge is 2.40. The van der Waals surface area contributed by atoms with Gasteiger partial charge in [-0.15, -0.1) is 0 Å². The van der Waals surface area contributed by atoms with Crippen molar-refractivity contribution in [2.75, 3.05) is 0 Å². The molecule has 0 bridgehead atoms. The van der Waals surface area contributed by atoms with Gasteiger partial charge in [-0.2, -0.15) is 17.9 Å². The van der Waals surface area contributed by atoms with E-state index >= 15 is 0 Å². The number of halogens is 4. The van der Waals surface area contributed by atoms with Crippen molar-refractivity contribution in [3.8, 4) is 0 Å². The Bertz CT molecular complexity index is 673. The fourth-order valence-electron chi connectivity index (χ4n) is 1.70. The summed E-state index contributed by atoms with van der Waals surface area (Å²) in [5, 5.41) is 8.33. The van der Waals surface area contributed by atoms with E-state index in [4.69, 9.17) is 16.7 Å². The van der Waals surface area contributed by atoms with Crippen LogP contribution in [0.5, 0.6) is 0 Å². The van der Waals surface area contributed by atoms with E-state index in [2.05, 4.69) is 0 Å². The Morgan fingerprint density at radius 3 is 2.27 bits per heavy atom. The van der Waals surface area contributed by atoms with E-state index in [1.807, 2.05) is 0 Å². The Balaban J connectivity index is 3.44. The van der Waals surface area contributed by atoms with Crippen LogP contribution in [0.1, 0.15) is 19.4 Å². The number of nitrogens with one attached hydrogen (secondary N) is 1. The average Bonchev–Trinajstić information content (AvgIpc) is 2.33. The number of hydrogen-bond donors (Lipinski definition) is 2. The Morgan fingerprint density at radius 2 is 1.86 bits per heavy atom. The predicted molar refractivity (Wildman–Crippen MR) is 73.0 cm³/mol. The van der Waals surface area contributed by atoms with E-state index in [0.29, 0.717) is 6.07 Å². The van der Waals surface area contributed by atoms with Gasteiger partial charge >= 0.3 is 12.1 Å².